The van der Waals surface area contributed by atoms with Gasteiger partial charge in [0.2, 0.25) is 5.79 Å². The highest BCUT2D eigenvalue weighted by Crippen LogP contribution is 2.49. The van der Waals surface area contributed by atoms with Gasteiger partial charge in [-0.05, 0) is 44.9 Å². The van der Waals surface area contributed by atoms with Gasteiger partial charge < -0.3 is 28.4 Å². The Morgan fingerprint density at radius 3 is 2.74 bits per heavy atom. The van der Waals surface area contributed by atoms with Crippen molar-refractivity contribution in [2.75, 3.05) is 13.2 Å². The fourth-order valence-corrected chi connectivity index (χ4v) is 4.00. The minimum Gasteiger partial charge on any atom is -0.371 e. The Hall–Kier alpha value is -1.28. The third kappa shape index (κ3) is 3.70. The molecule has 1 aromatic rings. The van der Waals surface area contributed by atoms with Gasteiger partial charge in [0.15, 0.2) is 11.6 Å². The predicted octanol–water partition coefficient (Wildman–Crippen LogP) is 3.24. The van der Waals surface area contributed by atoms with E-state index in [0.717, 1.165) is 11.1 Å². The molecule has 0 bridgehead atoms. The lowest BCUT2D eigenvalue weighted by Crippen LogP contribution is -2.51. The lowest BCUT2D eigenvalue weighted by atomic mass is 10.0. The third-order valence-corrected chi connectivity index (χ3v) is 5.05. The number of hydrogen-bond acceptors (Lipinski definition) is 6. The van der Waals surface area contributed by atoms with Crippen molar-refractivity contribution in [3.05, 3.63) is 42.0 Å². The van der Waals surface area contributed by atoms with Crippen molar-refractivity contribution in [2.24, 2.45) is 0 Å². The van der Waals surface area contributed by atoms with Crippen molar-refractivity contribution < 1.29 is 28.4 Å². The minimum atomic E-state index is -1.00. The van der Waals surface area contributed by atoms with Crippen LogP contribution in [0.3, 0.4) is 0 Å². The van der Waals surface area contributed by atoms with Crippen molar-refractivity contribution in [2.45, 2.75) is 70.0 Å². The van der Waals surface area contributed by atoms with Crippen LogP contribution in [0, 0.1) is 0 Å². The summed E-state index contributed by atoms with van der Waals surface area (Å²) < 4.78 is 36.4. The quantitative estimate of drug-likeness (QED) is 0.786. The Labute approximate surface area is 160 Å². The molecule has 27 heavy (non-hydrogen) atoms. The molecular formula is C21H28O6. The number of rotatable bonds is 5. The van der Waals surface area contributed by atoms with Gasteiger partial charge in [0.05, 0.1) is 13.2 Å². The Morgan fingerprint density at radius 2 is 1.96 bits per heavy atom. The van der Waals surface area contributed by atoms with Gasteiger partial charge in [0.1, 0.15) is 24.9 Å². The first-order valence-corrected chi connectivity index (χ1v) is 9.39. The van der Waals surface area contributed by atoms with Crippen LogP contribution in [0.15, 0.2) is 30.8 Å². The molecule has 1 aromatic carbocycles. The van der Waals surface area contributed by atoms with Crippen LogP contribution in [0.2, 0.25) is 0 Å². The molecule has 4 atom stereocenters. The fraction of sp³-hybridized carbons (Fsp3) is 0.619. The molecule has 3 fully saturated rings. The summed E-state index contributed by atoms with van der Waals surface area (Å²) in [4.78, 5) is 0. The average Bonchev–Trinajstić information content (AvgIpc) is 3.01. The molecule has 0 radical (unpaired) electrons. The van der Waals surface area contributed by atoms with Crippen LogP contribution in [0.25, 0.3) is 6.08 Å². The van der Waals surface area contributed by atoms with E-state index in [1.807, 2.05) is 58.0 Å². The van der Waals surface area contributed by atoms with Gasteiger partial charge in [-0.25, -0.2) is 0 Å². The van der Waals surface area contributed by atoms with Crippen molar-refractivity contribution in [1.29, 1.82) is 0 Å². The highest BCUT2D eigenvalue weighted by molar-refractivity contribution is 5.47. The molecule has 3 aliphatic heterocycles. The molecule has 0 amide bonds. The molecule has 0 saturated carbocycles. The lowest BCUT2D eigenvalue weighted by Gasteiger charge is -2.38. The normalized spacial score (nSPS) is 36.2. The molecule has 0 aliphatic carbocycles. The second kappa shape index (κ2) is 6.65. The number of ether oxygens (including phenoxy) is 6. The summed E-state index contributed by atoms with van der Waals surface area (Å²) >= 11 is 0. The summed E-state index contributed by atoms with van der Waals surface area (Å²) in [5, 5.41) is 0. The van der Waals surface area contributed by atoms with Crippen LogP contribution in [-0.2, 0) is 35.0 Å². The minimum absolute atomic E-state index is 0.244. The standard InChI is InChI=1S/C21H28O6/c1-6-14-8-7-9-15(10-14)11-22-13-21-18(26-20(4,5)27-21)17-16(24-21)12-23-19(2,3)25-17/h6-10,16-18H,1,11-13H2,2-5H3/t16-,17+,18-,21-/m0/s1. The van der Waals surface area contributed by atoms with Crippen LogP contribution >= 0.6 is 0 Å². The smallest absolute Gasteiger partial charge is 0.224 e. The monoisotopic (exact) mass is 376 g/mol. The van der Waals surface area contributed by atoms with Gasteiger partial charge in [0, 0.05) is 0 Å². The zero-order valence-electron chi connectivity index (χ0n) is 16.4. The highest BCUT2D eigenvalue weighted by Gasteiger charge is 2.67. The van der Waals surface area contributed by atoms with E-state index in [-0.39, 0.29) is 24.9 Å². The van der Waals surface area contributed by atoms with Gasteiger partial charge in [-0.2, -0.15) is 0 Å². The van der Waals surface area contributed by atoms with E-state index < -0.39 is 17.4 Å². The van der Waals surface area contributed by atoms with Crippen LogP contribution < -0.4 is 0 Å². The molecule has 0 spiro atoms. The molecule has 3 saturated heterocycles. The average molecular weight is 376 g/mol. The molecule has 3 aliphatic rings. The molecule has 6 nitrogen and oxygen atoms in total. The zero-order chi connectivity index (χ0) is 19.3. The molecule has 0 unspecified atom stereocenters. The summed E-state index contributed by atoms with van der Waals surface area (Å²) in [6, 6.07) is 8.06. The van der Waals surface area contributed by atoms with Gasteiger partial charge in [-0.15, -0.1) is 0 Å². The van der Waals surface area contributed by atoms with E-state index in [1.54, 1.807) is 0 Å². The van der Waals surface area contributed by atoms with Crippen LogP contribution in [0.5, 0.6) is 0 Å². The molecule has 4 rings (SSSR count). The van der Waals surface area contributed by atoms with Crippen molar-refractivity contribution in [3.8, 4) is 0 Å². The van der Waals surface area contributed by atoms with Gasteiger partial charge >= 0.3 is 0 Å². The Balaban J connectivity index is 1.48. The zero-order valence-corrected chi connectivity index (χ0v) is 16.4. The fourth-order valence-electron chi connectivity index (χ4n) is 4.00. The van der Waals surface area contributed by atoms with E-state index in [9.17, 15) is 0 Å². The van der Waals surface area contributed by atoms with E-state index in [1.165, 1.54) is 0 Å². The maximum Gasteiger partial charge on any atom is 0.224 e. The van der Waals surface area contributed by atoms with Crippen molar-refractivity contribution in [3.63, 3.8) is 0 Å². The number of hydrogen-bond donors (Lipinski definition) is 0. The van der Waals surface area contributed by atoms with Crippen molar-refractivity contribution in [1.82, 2.24) is 0 Å². The predicted molar refractivity (Wildman–Crippen MR) is 98.7 cm³/mol. The third-order valence-electron chi connectivity index (χ3n) is 5.05. The summed E-state index contributed by atoms with van der Waals surface area (Å²) in [5.74, 6) is -2.45. The molecule has 3 heterocycles. The van der Waals surface area contributed by atoms with Crippen molar-refractivity contribution >= 4 is 6.08 Å². The summed E-state index contributed by atoms with van der Waals surface area (Å²) in [5.41, 5.74) is 2.12. The first-order valence-electron chi connectivity index (χ1n) is 9.39. The number of fused-ring (bicyclic) bond motifs is 3. The Morgan fingerprint density at radius 1 is 1.15 bits per heavy atom. The SMILES string of the molecule is C=Cc1cccc(COC[C@@]23O[C@H]4COC(C)(C)O[C@H]4[C@@H]2OC(C)(C)O3)c1. The molecule has 0 N–H and O–H groups in total. The summed E-state index contributed by atoms with van der Waals surface area (Å²) in [6.07, 6.45) is 0.939. The largest absolute Gasteiger partial charge is 0.371 e. The topological polar surface area (TPSA) is 55.4 Å². The molecular weight excluding hydrogens is 348 g/mol. The van der Waals surface area contributed by atoms with E-state index in [0.29, 0.717) is 13.2 Å². The van der Waals surface area contributed by atoms with Gasteiger partial charge in [-0.3, -0.25) is 0 Å². The number of benzene rings is 1. The maximum atomic E-state index is 6.25. The van der Waals surface area contributed by atoms with Gasteiger partial charge in [-0.1, -0.05) is 30.9 Å². The molecule has 0 aromatic heterocycles. The Kier molecular flexibility index (Phi) is 4.70. The molecule has 148 valence electrons. The first-order chi connectivity index (χ1) is 12.7. The van der Waals surface area contributed by atoms with E-state index >= 15 is 0 Å². The first kappa shape index (κ1) is 19.1. The van der Waals surface area contributed by atoms with Crippen LogP contribution in [-0.4, -0.2) is 48.9 Å². The second-order valence-electron chi connectivity index (χ2n) is 8.24. The highest BCUT2D eigenvalue weighted by atomic mass is 16.9. The van der Waals surface area contributed by atoms with Gasteiger partial charge in [0.25, 0.3) is 0 Å². The maximum absolute atomic E-state index is 6.25. The van der Waals surface area contributed by atoms with Crippen LogP contribution in [0.4, 0.5) is 0 Å². The lowest BCUT2D eigenvalue weighted by molar-refractivity contribution is -0.331. The molecule has 6 heteroatoms. The Bertz CT molecular complexity index is 714. The summed E-state index contributed by atoms with van der Waals surface area (Å²) in [6.45, 7) is 12.5. The van der Waals surface area contributed by atoms with E-state index in [2.05, 4.69) is 6.58 Å². The van der Waals surface area contributed by atoms with E-state index in [4.69, 9.17) is 28.4 Å². The van der Waals surface area contributed by atoms with Crippen LogP contribution in [0.1, 0.15) is 38.8 Å². The summed E-state index contributed by atoms with van der Waals surface area (Å²) in [7, 11) is 0. The second-order valence-corrected chi connectivity index (χ2v) is 8.24.